The highest BCUT2D eigenvalue weighted by Crippen LogP contribution is 2.26. The van der Waals surface area contributed by atoms with Gasteiger partial charge in [0.05, 0.1) is 0 Å². The number of nitrogens with zero attached hydrogens (tertiary/aromatic N) is 2. The lowest BCUT2D eigenvalue weighted by molar-refractivity contribution is 0.00907. The second-order valence-corrected chi connectivity index (χ2v) is 7.28. The standard InChI is InChI=1S/C15H31N3/c1-12(2)14-10-16-15(3,4)11-18(14)13-6-8-17(5)9-7-13/h12-14,16H,6-11H2,1-5H3. The maximum Gasteiger partial charge on any atom is 0.0253 e. The third kappa shape index (κ3) is 3.25. The van der Waals surface area contributed by atoms with Gasteiger partial charge in [-0.1, -0.05) is 13.8 Å². The Morgan fingerprint density at radius 3 is 2.33 bits per heavy atom. The predicted molar refractivity (Wildman–Crippen MR) is 77.9 cm³/mol. The molecule has 2 saturated heterocycles. The van der Waals surface area contributed by atoms with E-state index >= 15 is 0 Å². The zero-order valence-electron chi connectivity index (χ0n) is 12.9. The average molecular weight is 253 g/mol. The van der Waals surface area contributed by atoms with Crippen LogP contribution in [0.2, 0.25) is 0 Å². The number of likely N-dealkylation sites (tertiary alicyclic amines) is 1. The number of hydrogen-bond acceptors (Lipinski definition) is 3. The molecule has 0 amide bonds. The van der Waals surface area contributed by atoms with Gasteiger partial charge in [0.1, 0.15) is 0 Å². The molecule has 0 aromatic heterocycles. The molecule has 3 heteroatoms. The summed E-state index contributed by atoms with van der Waals surface area (Å²) in [7, 11) is 2.25. The van der Waals surface area contributed by atoms with Gasteiger partial charge in [-0.05, 0) is 52.7 Å². The minimum Gasteiger partial charge on any atom is -0.309 e. The van der Waals surface area contributed by atoms with E-state index in [1.54, 1.807) is 0 Å². The molecule has 2 fully saturated rings. The highest BCUT2D eigenvalue weighted by atomic mass is 15.3. The van der Waals surface area contributed by atoms with Gasteiger partial charge in [-0.2, -0.15) is 0 Å². The summed E-state index contributed by atoms with van der Waals surface area (Å²) in [5.41, 5.74) is 0.273. The molecule has 0 aromatic carbocycles. The van der Waals surface area contributed by atoms with Crippen LogP contribution in [0.4, 0.5) is 0 Å². The van der Waals surface area contributed by atoms with E-state index in [0.29, 0.717) is 6.04 Å². The Morgan fingerprint density at radius 2 is 1.78 bits per heavy atom. The Bertz CT molecular complexity index is 267. The van der Waals surface area contributed by atoms with E-state index in [1.165, 1.54) is 32.5 Å². The van der Waals surface area contributed by atoms with Gasteiger partial charge in [0.15, 0.2) is 0 Å². The summed E-state index contributed by atoms with van der Waals surface area (Å²) in [6.45, 7) is 14.3. The molecule has 1 unspecified atom stereocenters. The number of piperazine rings is 1. The zero-order chi connectivity index (χ0) is 13.3. The third-order valence-electron chi connectivity index (χ3n) is 4.72. The van der Waals surface area contributed by atoms with Gasteiger partial charge in [0.25, 0.3) is 0 Å². The molecule has 0 aliphatic carbocycles. The van der Waals surface area contributed by atoms with Crippen LogP contribution >= 0.6 is 0 Å². The molecule has 0 saturated carbocycles. The molecule has 2 rings (SSSR count). The molecular formula is C15H31N3. The van der Waals surface area contributed by atoms with Gasteiger partial charge in [-0.3, -0.25) is 4.90 Å². The first-order valence-electron chi connectivity index (χ1n) is 7.58. The van der Waals surface area contributed by atoms with Crippen molar-refractivity contribution in [2.75, 3.05) is 33.2 Å². The van der Waals surface area contributed by atoms with E-state index in [4.69, 9.17) is 0 Å². The van der Waals surface area contributed by atoms with Crippen LogP contribution in [-0.2, 0) is 0 Å². The Balaban J connectivity index is 2.05. The molecule has 2 aliphatic rings. The maximum absolute atomic E-state index is 3.72. The summed E-state index contributed by atoms with van der Waals surface area (Å²) in [4.78, 5) is 5.28. The summed E-state index contributed by atoms with van der Waals surface area (Å²) in [5.74, 6) is 0.744. The maximum atomic E-state index is 3.72. The molecule has 2 heterocycles. The van der Waals surface area contributed by atoms with Crippen molar-refractivity contribution in [2.45, 2.75) is 58.2 Å². The topological polar surface area (TPSA) is 18.5 Å². The second-order valence-electron chi connectivity index (χ2n) is 7.28. The van der Waals surface area contributed by atoms with Gasteiger partial charge >= 0.3 is 0 Å². The van der Waals surface area contributed by atoms with Crippen molar-refractivity contribution in [3.8, 4) is 0 Å². The number of piperidine rings is 1. The van der Waals surface area contributed by atoms with Crippen molar-refractivity contribution in [1.29, 1.82) is 0 Å². The Kier molecular flexibility index (Phi) is 4.35. The van der Waals surface area contributed by atoms with E-state index in [9.17, 15) is 0 Å². The fraction of sp³-hybridized carbons (Fsp3) is 1.00. The summed E-state index contributed by atoms with van der Waals surface area (Å²) in [6, 6.07) is 1.52. The average Bonchev–Trinajstić information content (AvgIpc) is 2.28. The Hall–Kier alpha value is -0.120. The highest BCUT2D eigenvalue weighted by molar-refractivity contribution is 4.96. The molecule has 1 atom stereocenters. The summed E-state index contributed by atoms with van der Waals surface area (Å²) < 4.78 is 0. The van der Waals surface area contributed by atoms with Crippen LogP contribution in [0.1, 0.15) is 40.5 Å². The minimum absolute atomic E-state index is 0.273. The third-order valence-corrected chi connectivity index (χ3v) is 4.72. The van der Waals surface area contributed by atoms with Gasteiger partial charge in [0.2, 0.25) is 0 Å². The molecule has 0 radical (unpaired) electrons. The van der Waals surface area contributed by atoms with Crippen LogP contribution in [0.15, 0.2) is 0 Å². The summed E-state index contributed by atoms with van der Waals surface area (Å²) in [5, 5.41) is 3.72. The van der Waals surface area contributed by atoms with Crippen molar-refractivity contribution in [3.63, 3.8) is 0 Å². The van der Waals surface area contributed by atoms with Crippen LogP contribution in [0.25, 0.3) is 0 Å². The molecule has 1 N–H and O–H groups in total. The fourth-order valence-corrected chi connectivity index (χ4v) is 3.47. The molecule has 0 spiro atoms. The first kappa shape index (κ1) is 14.3. The van der Waals surface area contributed by atoms with Gasteiger partial charge < -0.3 is 10.2 Å². The SMILES string of the molecule is CC(C)C1CNC(C)(C)CN1C1CCN(C)CC1. The van der Waals surface area contributed by atoms with E-state index < -0.39 is 0 Å². The lowest BCUT2D eigenvalue weighted by atomic mass is 9.89. The van der Waals surface area contributed by atoms with Crippen molar-refractivity contribution in [2.24, 2.45) is 5.92 Å². The fourth-order valence-electron chi connectivity index (χ4n) is 3.47. The van der Waals surface area contributed by atoms with Gasteiger partial charge in [-0.25, -0.2) is 0 Å². The minimum atomic E-state index is 0.273. The largest absolute Gasteiger partial charge is 0.309 e. The zero-order valence-corrected chi connectivity index (χ0v) is 12.9. The van der Waals surface area contributed by atoms with E-state index in [0.717, 1.165) is 18.5 Å². The lowest BCUT2D eigenvalue weighted by Gasteiger charge is -2.51. The van der Waals surface area contributed by atoms with E-state index in [2.05, 4.69) is 49.9 Å². The van der Waals surface area contributed by atoms with Crippen molar-refractivity contribution in [1.82, 2.24) is 15.1 Å². The monoisotopic (exact) mass is 253 g/mol. The first-order chi connectivity index (χ1) is 8.39. The molecule has 2 aliphatic heterocycles. The molecule has 106 valence electrons. The molecule has 0 aromatic rings. The van der Waals surface area contributed by atoms with Crippen molar-refractivity contribution < 1.29 is 0 Å². The lowest BCUT2D eigenvalue weighted by Crippen LogP contribution is -2.66. The molecular weight excluding hydrogens is 222 g/mol. The second kappa shape index (κ2) is 5.48. The van der Waals surface area contributed by atoms with Crippen molar-refractivity contribution >= 4 is 0 Å². The molecule has 3 nitrogen and oxygen atoms in total. The van der Waals surface area contributed by atoms with Gasteiger partial charge in [-0.15, -0.1) is 0 Å². The van der Waals surface area contributed by atoms with E-state index in [-0.39, 0.29) is 5.54 Å². The smallest absolute Gasteiger partial charge is 0.0253 e. The number of nitrogens with one attached hydrogen (secondary N) is 1. The van der Waals surface area contributed by atoms with Crippen LogP contribution in [0, 0.1) is 5.92 Å². The van der Waals surface area contributed by atoms with Crippen LogP contribution in [0.5, 0.6) is 0 Å². The predicted octanol–water partition coefficient (Wildman–Crippen LogP) is 1.79. The van der Waals surface area contributed by atoms with Crippen molar-refractivity contribution in [3.05, 3.63) is 0 Å². The normalized spacial score (nSPS) is 32.0. The Morgan fingerprint density at radius 1 is 1.17 bits per heavy atom. The van der Waals surface area contributed by atoms with E-state index in [1.807, 2.05) is 0 Å². The van der Waals surface area contributed by atoms with Crippen LogP contribution in [0.3, 0.4) is 0 Å². The molecule has 18 heavy (non-hydrogen) atoms. The Labute approximate surface area is 113 Å². The van der Waals surface area contributed by atoms with Gasteiger partial charge in [0, 0.05) is 30.7 Å². The molecule has 0 bridgehead atoms. The summed E-state index contributed by atoms with van der Waals surface area (Å²) >= 11 is 0. The van der Waals surface area contributed by atoms with Crippen LogP contribution < -0.4 is 5.32 Å². The number of hydrogen-bond donors (Lipinski definition) is 1. The quantitative estimate of drug-likeness (QED) is 0.809. The summed E-state index contributed by atoms with van der Waals surface area (Å²) in [6.07, 6.45) is 2.69. The highest BCUT2D eigenvalue weighted by Gasteiger charge is 2.38. The first-order valence-corrected chi connectivity index (χ1v) is 7.58. The van der Waals surface area contributed by atoms with Crippen LogP contribution in [-0.4, -0.2) is 60.6 Å². The number of rotatable bonds is 2.